The molecule has 0 saturated carbocycles. The number of hydrogen-bond acceptors (Lipinski definition) is 16. The van der Waals surface area contributed by atoms with E-state index in [0.717, 1.165) is 11.1 Å². The van der Waals surface area contributed by atoms with Crippen LogP contribution in [0.4, 0.5) is 0 Å². The molecule has 16 heteroatoms. The van der Waals surface area contributed by atoms with Crippen molar-refractivity contribution in [3.63, 3.8) is 0 Å². The van der Waals surface area contributed by atoms with Crippen LogP contribution in [0.25, 0.3) is 0 Å². The van der Waals surface area contributed by atoms with E-state index in [1.807, 2.05) is 24.3 Å². The molecule has 2 heterocycles. The third-order valence-electron chi connectivity index (χ3n) is 8.56. The summed E-state index contributed by atoms with van der Waals surface area (Å²) in [5.74, 6) is -1.37. The molecule has 2 saturated heterocycles. The summed E-state index contributed by atoms with van der Waals surface area (Å²) in [6, 6.07) is 23.2. The molecular formula is C40H36N4O12. The Bertz CT molecular complexity index is 2120. The standard InChI is InChI=1S/C40H36N4O12/c1-50-40(49)32-15-29(9-13-34(32)47)19-44-41-16-25-2-4-27(5-3-25)20-54-56-36-23-53-37-35(22-52-38(36)37)55-39(48)30-10-6-26(7-11-30)17-42-43-18-28-8-12-33(46)31(14-28)21-51-24-45/h2-19,24,35-38,46-47H,20-23H2,1H3/t35?,36-,37?,38?/m1/s1. The fraction of sp³-hybridized carbons (Fsp3) is 0.225. The predicted octanol–water partition coefficient (Wildman–Crippen LogP) is 4.30. The molecule has 0 aliphatic carbocycles. The van der Waals surface area contributed by atoms with E-state index in [0.29, 0.717) is 34.3 Å². The van der Waals surface area contributed by atoms with Gasteiger partial charge < -0.3 is 33.9 Å². The van der Waals surface area contributed by atoms with Crippen molar-refractivity contribution < 1.29 is 58.1 Å². The molecule has 4 atom stereocenters. The first-order valence-corrected chi connectivity index (χ1v) is 17.1. The largest absolute Gasteiger partial charge is 0.508 e. The normalized spacial score (nSPS) is 19.2. The van der Waals surface area contributed by atoms with Crippen LogP contribution in [0, 0.1) is 0 Å². The molecule has 0 aromatic heterocycles. The van der Waals surface area contributed by atoms with Crippen LogP contribution in [-0.2, 0) is 51.5 Å². The first kappa shape index (κ1) is 39.1. The lowest BCUT2D eigenvalue weighted by Gasteiger charge is -2.17. The second-order valence-electron chi connectivity index (χ2n) is 12.3. The minimum atomic E-state index is -0.654. The first-order valence-electron chi connectivity index (χ1n) is 17.1. The summed E-state index contributed by atoms with van der Waals surface area (Å²) in [7, 11) is 1.23. The van der Waals surface area contributed by atoms with Gasteiger partial charge in [-0.2, -0.15) is 20.4 Å². The van der Waals surface area contributed by atoms with Gasteiger partial charge >= 0.3 is 11.9 Å². The van der Waals surface area contributed by atoms with Gasteiger partial charge in [0.25, 0.3) is 6.47 Å². The number of esters is 2. The van der Waals surface area contributed by atoms with Crippen LogP contribution >= 0.6 is 0 Å². The fourth-order valence-corrected chi connectivity index (χ4v) is 5.65. The van der Waals surface area contributed by atoms with Gasteiger partial charge in [-0.1, -0.05) is 36.4 Å². The molecule has 3 unspecified atom stereocenters. The average molecular weight is 765 g/mol. The molecule has 2 aliphatic rings. The lowest BCUT2D eigenvalue weighted by atomic mass is 10.1. The molecule has 16 nitrogen and oxygen atoms in total. The number of carbonyl (C=O) groups excluding carboxylic acids is 3. The second-order valence-corrected chi connectivity index (χ2v) is 12.3. The molecule has 4 aromatic rings. The summed E-state index contributed by atoms with van der Waals surface area (Å²) < 4.78 is 26.8. The molecule has 0 bridgehead atoms. The van der Waals surface area contributed by atoms with E-state index in [2.05, 4.69) is 25.1 Å². The molecule has 288 valence electrons. The summed E-state index contributed by atoms with van der Waals surface area (Å²) in [5.41, 5.74) is 4.36. The Morgan fingerprint density at radius 3 is 1.89 bits per heavy atom. The zero-order chi connectivity index (χ0) is 39.3. The van der Waals surface area contributed by atoms with Gasteiger partial charge in [-0.15, -0.1) is 0 Å². The van der Waals surface area contributed by atoms with Crippen LogP contribution < -0.4 is 0 Å². The van der Waals surface area contributed by atoms with Gasteiger partial charge in [-0.25, -0.2) is 19.4 Å². The number of methoxy groups -OCH3 is 1. The van der Waals surface area contributed by atoms with Crippen molar-refractivity contribution in [2.75, 3.05) is 20.3 Å². The molecule has 2 N–H and O–H groups in total. The monoisotopic (exact) mass is 764 g/mol. The van der Waals surface area contributed by atoms with Crippen molar-refractivity contribution in [1.29, 1.82) is 0 Å². The minimum absolute atomic E-state index is 0.00293. The SMILES string of the molecule is COC(=O)c1cc(C=NN=Cc2ccc(COO[C@@H]3COC4C(OC(=O)c5ccc(C=NN=Cc6ccc(O)c(COC=O)c6)cc5)COC43)cc2)ccc1O. The Balaban J connectivity index is 0.912. The van der Waals surface area contributed by atoms with E-state index < -0.39 is 36.4 Å². The highest BCUT2D eigenvalue weighted by Gasteiger charge is 2.50. The van der Waals surface area contributed by atoms with E-state index >= 15 is 0 Å². The topological polar surface area (TPSA) is 206 Å². The summed E-state index contributed by atoms with van der Waals surface area (Å²) in [6.07, 6.45) is 3.89. The molecule has 56 heavy (non-hydrogen) atoms. The number of nitrogens with zero attached hydrogens (tertiary/aromatic N) is 4. The number of carbonyl (C=O) groups is 3. The Labute approximate surface area is 320 Å². The number of benzene rings is 4. The highest BCUT2D eigenvalue weighted by molar-refractivity contribution is 5.95. The molecule has 0 radical (unpaired) electrons. The maximum atomic E-state index is 12.9. The summed E-state index contributed by atoms with van der Waals surface area (Å²) in [6.45, 7) is 0.751. The van der Waals surface area contributed by atoms with Gasteiger partial charge in [0.15, 0.2) is 6.10 Å². The first-order chi connectivity index (χ1) is 27.3. The Kier molecular flexibility index (Phi) is 13.4. The van der Waals surface area contributed by atoms with E-state index in [9.17, 15) is 24.6 Å². The van der Waals surface area contributed by atoms with E-state index in [-0.39, 0.29) is 43.5 Å². The Morgan fingerprint density at radius 2 is 1.25 bits per heavy atom. The zero-order valence-electron chi connectivity index (χ0n) is 29.9. The summed E-state index contributed by atoms with van der Waals surface area (Å²) >= 11 is 0. The highest BCUT2D eigenvalue weighted by Crippen LogP contribution is 2.31. The molecule has 6 rings (SSSR count). The second kappa shape index (κ2) is 19.1. The third-order valence-corrected chi connectivity index (χ3v) is 8.56. The third kappa shape index (κ3) is 10.3. The quantitative estimate of drug-likeness (QED) is 0.0409. The van der Waals surface area contributed by atoms with Crippen molar-refractivity contribution in [2.45, 2.75) is 37.6 Å². The predicted molar refractivity (Wildman–Crippen MR) is 200 cm³/mol. The van der Waals surface area contributed by atoms with Crippen molar-refractivity contribution in [3.8, 4) is 11.5 Å². The zero-order valence-corrected chi connectivity index (χ0v) is 29.9. The molecular weight excluding hydrogens is 728 g/mol. The van der Waals surface area contributed by atoms with Crippen molar-refractivity contribution >= 4 is 43.3 Å². The van der Waals surface area contributed by atoms with Gasteiger partial charge in [-0.3, -0.25) is 4.79 Å². The Hall–Kier alpha value is -6.59. The maximum absolute atomic E-state index is 12.9. The molecule has 2 aliphatic heterocycles. The van der Waals surface area contributed by atoms with Crippen molar-refractivity contribution in [2.24, 2.45) is 20.4 Å². The van der Waals surface area contributed by atoms with E-state index in [1.165, 1.54) is 44.0 Å². The number of fused-ring (bicyclic) bond motifs is 1. The minimum Gasteiger partial charge on any atom is -0.508 e. The molecule has 0 amide bonds. The Morgan fingerprint density at radius 1 is 0.696 bits per heavy atom. The maximum Gasteiger partial charge on any atom is 0.341 e. The average Bonchev–Trinajstić information content (AvgIpc) is 3.82. The van der Waals surface area contributed by atoms with Crippen molar-refractivity contribution in [3.05, 3.63) is 129 Å². The van der Waals surface area contributed by atoms with Crippen LogP contribution in [0.15, 0.2) is 105 Å². The lowest BCUT2D eigenvalue weighted by Crippen LogP contribution is -2.35. The van der Waals surface area contributed by atoms with Crippen molar-refractivity contribution in [1.82, 2.24) is 0 Å². The van der Waals surface area contributed by atoms with Crippen LogP contribution in [0.3, 0.4) is 0 Å². The van der Waals surface area contributed by atoms with Crippen LogP contribution in [0.1, 0.15) is 54.1 Å². The smallest absolute Gasteiger partial charge is 0.341 e. The van der Waals surface area contributed by atoms with Crippen LogP contribution in [0.5, 0.6) is 11.5 Å². The molecule has 4 aromatic carbocycles. The van der Waals surface area contributed by atoms with Crippen LogP contribution in [-0.4, -0.2) is 98.2 Å². The molecule has 0 spiro atoms. The summed E-state index contributed by atoms with van der Waals surface area (Å²) in [5, 5.41) is 35.7. The number of ether oxygens (including phenoxy) is 5. The van der Waals surface area contributed by atoms with Gasteiger partial charge in [0.2, 0.25) is 0 Å². The van der Waals surface area contributed by atoms with Gasteiger partial charge in [0.05, 0.1) is 50.7 Å². The molecule has 2 fully saturated rings. The number of phenols is 2. The van der Waals surface area contributed by atoms with Gasteiger partial charge in [0.1, 0.15) is 48.6 Å². The van der Waals surface area contributed by atoms with E-state index in [1.54, 1.807) is 48.7 Å². The van der Waals surface area contributed by atoms with Gasteiger partial charge in [0, 0.05) is 5.56 Å². The number of phenolic OH excluding ortho intramolecular Hbond substituents is 2. The lowest BCUT2D eigenvalue weighted by molar-refractivity contribution is -0.341. The summed E-state index contributed by atoms with van der Waals surface area (Å²) in [4.78, 5) is 46.2. The number of aromatic hydroxyl groups is 2. The highest BCUT2D eigenvalue weighted by atomic mass is 17.2. The van der Waals surface area contributed by atoms with E-state index in [4.69, 9.17) is 28.7 Å². The van der Waals surface area contributed by atoms with Crippen LogP contribution in [0.2, 0.25) is 0 Å². The fourth-order valence-electron chi connectivity index (χ4n) is 5.65. The van der Waals surface area contributed by atoms with Gasteiger partial charge in [-0.05, 0) is 76.3 Å². The number of rotatable bonds is 16. The number of hydrogen-bond donors (Lipinski definition) is 2.